The second-order valence-electron chi connectivity index (χ2n) is 2.20. The van der Waals surface area contributed by atoms with Crippen molar-refractivity contribution in [1.82, 2.24) is 5.32 Å². The van der Waals surface area contributed by atoms with Crippen molar-refractivity contribution in [3.8, 4) is 0 Å². The van der Waals surface area contributed by atoms with Gasteiger partial charge in [-0.3, -0.25) is 4.79 Å². The predicted molar refractivity (Wildman–Crippen MR) is 35.8 cm³/mol. The molecule has 0 unspecified atom stereocenters. The van der Waals surface area contributed by atoms with Gasteiger partial charge >= 0.3 is 0 Å². The van der Waals surface area contributed by atoms with Crippen molar-refractivity contribution in [3.05, 3.63) is 11.3 Å². The Hall–Kier alpha value is -0.790. The van der Waals surface area contributed by atoms with Crippen molar-refractivity contribution in [2.45, 2.75) is 26.2 Å². The number of hydrogen-bond donors (Lipinski definition) is 1. The molecule has 0 aliphatic heterocycles. The van der Waals surface area contributed by atoms with Gasteiger partial charge in [-0.05, 0) is 19.3 Å². The molecule has 0 spiro atoms. The summed E-state index contributed by atoms with van der Waals surface area (Å²) < 4.78 is 0. The summed E-state index contributed by atoms with van der Waals surface area (Å²) in [6, 6.07) is 0. The Morgan fingerprint density at radius 3 is 2.78 bits per heavy atom. The van der Waals surface area contributed by atoms with E-state index < -0.39 is 0 Å². The number of nitrogens with one attached hydrogen (secondary N) is 1. The zero-order chi connectivity index (χ0) is 6.69. The van der Waals surface area contributed by atoms with Gasteiger partial charge in [-0.1, -0.05) is 12.5 Å². The fourth-order valence-corrected chi connectivity index (χ4v) is 1.06. The van der Waals surface area contributed by atoms with Crippen molar-refractivity contribution in [1.29, 1.82) is 0 Å². The molecule has 1 amide bonds. The van der Waals surface area contributed by atoms with E-state index in [0.717, 1.165) is 24.9 Å². The SMILES string of the molecule is CCC1=C(NC=O)CC1. The van der Waals surface area contributed by atoms with Gasteiger partial charge in [0.1, 0.15) is 0 Å². The molecular formula is C7H11NO. The molecule has 0 radical (unpaired) electrons. The predicted octanol–water partition coefficient (Wildman–Crippen LogP) is 1.19. The molecule has 0 aromatic carbocycles. The maximum Gasteiger partial charge on any atom is 0.211 e. The molecule has 0 saturated heterocycles. The molecule has 1 N–H and O–H groups in total. The van der Waals surface area contributed by atoms with E-state index in [2.05, 4.69) is 12.2 Å². The van der Waals surface area contributed by atoms with Gasteiger partial charge in [0.05, 0.1) is 0 Å². The summed E-state index contributed by atoms with van der Waals surface area (Å²) in [6.45, 7) is 2.11. The Morgan fingerprint density at radius 2 is 2.44 bits per heavy atom. The normalized spacial score (nSPS) is 17.0. The minimum atomic E-state index is 0.754. The summed E-state index contributed by atoms with van der Waals surface area (Å²) in [5.74, 6) is 0. The van der Waals surface area contributed by atoms with Crippen LogP contribution in [0.1, 0.15) is 26.2 Å². The lowest BCUT2D eigenvalue weighted by Crippen LogP contribution is -2.19. The maximum absolute atomic E-state index is 9.92. The standard InChI is InChI=1S/C7H11NO/c1-2-6-3-4-7(6)8-5-9/h5H,2-4H2,1H3,(H,8,9). The Kier molecular flexibility index (Phi) is 1.88. The fourth-order valence-electron chi connectivity index (χ4n) is 1.06. The van der Waals surface area contributed by atoms with Crippen LogP contribution >= 0.6 is 0 Å². The van der Waals surface area contributed by atoms with E-state index in [0.29, 0.717) is 0 Å². The van der Waals surface area contributed by atoms with Crippen LogP contribution in [0.2, 0.25) is 0 Å². The third-order valence-corrected chi connectivity index (χ3v) is 1.76. The molecule has 1 rings (SSSR count). The largest absolute Gasteiger partial charge is 0.332 e. The molecule has 50 valence electrons. The molecule has 0 aromatic heterocycles. The topological polar surface area (TPSA) is 29.1 Å². The summed E-state index contributed by atoms with van der Waals surface area (Å²) in [7, 11) is 0. The average molecular weight is 125 g/mol. The van der Waals surface area contributed by atoms with Crippen molar-refractivity contribution < 1.29 is 4.79 Å². The first-order valence-electron chi connectivity index (χ1n) is 3.29. The Bertz CT molecular complexity index is 149. The molecule has 0 saturated carbocycles. The average Bonchev–Trinajstić information content (AvgIpc) is 1.82. The van der Waals surface area contributed by atoms with Crippen LogP contribution in [-0.2, 0) is 4.79 Å². The van der Waals surface area contributed by atoms with Gasteiger partial charge in [0, 0.05) is 5.70 Å². The lowest BCUT2D eigenvalue weighted by Gasteiger charge is -2.21. The summed E-state index contributed by atoms with van der Waals surface area (Å²) in [5, 5.41) is 2.68. The molecule has 9 heavy (non-hydrogen) atoms. The van der Waals surface area contributed by atoms with Crippen molar-refractivity contribution in [2.24, 2.45) is 0 Å². The summed E-state index contributed by atoms with van der Waals surface area (Å²) in [4.78, 5) is 9.92. The van der Waals surface area contributed by atoms with Crippen LogP contribution in [0.4, 0.5) is 0 Å². The van der Waals surface area contributed by atoms with Crippen LogP contribution in [0, 0.1) is 0 Å². The highest BCUT2D eigenvalue weighted by atomic mass is 16.1. The number of amides is 1. The van der Waals surface area contributed by atoms with E-state index >= 15 is 0 Å². The van der Waals surface area contributed by atoms with Crippen molar-refractivity contribution >= 4 is 6.41 Å². The van der Waals surface area contributed by atoms with Gasteiger partial charge in [-0.25, -0.2) is 0 Å². The van der Waals surface area contributed by atoms with Crippen molar-refractivity contribution in [2.75, 3.05) is 0 Å². The minimum Gasteiger partial charge on any atom is -0.332 e. The minimum absolute atomic E-state index is 0.754. The number of carbonyl (C=O) groups is 1. The van der Waals surface area contributed by atoms with E-state index in [1.165, 1.54) is 12.0 Å². The smallest absolute Gasteiger partial charge is 0.211 e. The van der Waals surface area contributed by atoms with Gasteiger partial charge in [0.25, 0.3) is 0 Å². The first kappa shape index (κ1) is 6.33. The summed E-state index contributed by atoms with van der Waals surface area (Å²) in [6.07, 6.45) is 4.06. The zero-order valence-corrected chi connectivity index (χ0v) is 5.61. The lowest BCUT2D eigenvalue weighted by atomic mass is 9.92. The molecule has 0 heterocycles. The molecule has 0 atom stereocenters. The number of rotatable bonds is 3. The molecule has 2 nitrogen and oxygen atoms in total. The zero-order valence-electron chi connectivity index (χ0n) is 5.61. The fraction of sp³-hybridized carbons (Fsp3) is 0.571. The highest BCUT2D eigenvalue weighted by Gasteiger charge is 2.13. The Morgan fingerprint density at radius 1 is 1.67 bits per heavy atom. The van der Waals surface area contributed by atoms with E-state index in [9.17, 15) is 4.79 Å². The molecule has 1 aliphatic rings. The first-order chi connectivity index (χ1) is 4.38. The van der Waals surface area contributed by atoms with Gasteiger partial charge < -0.3 is 5.32 Å². The van der Waals surface area contributed by atoms with Gasteiger partial charge in [-0.15, -0.1) is 0 Å². The number of hydrogen-bond acceptors (Lipinski definition) is 1. The van der Waals surface area contributed by atoms with Crippen LogP contribution in [0.25, 0.3) is 0 Å². The van der Waals surface area contributed by atoms with E-state index in [1.807, 2.05) is 0 Å². The molecule has 2 heteroatoms. The molecular weight excluding hydrogens is 114 g/mol. The number of allylic oxidation sites excluding steroid dienone is 2. The highest BCUT2D eigenvalue weighted by Crippen LogP contribution is 2.27. The second kappa shape index (κ2) is 2.67. The quantitative estimate of drug-likeness (QED) is 0.564. The maximum atomic E-state index is 9.92. The third-order valence-electron chi connectivity index (χ3n) is 1.76. The van der Waals surface area contributed by atoms with Gasteiger partial charge in [-0.2, -0.15) is 0 Å². The van der Waals surface area contributed by atoms with Crippen molar-refractivity contribution in [3.63, 3.8) is 0 Å². The van der Waals surface area contributed by atoms with Gasteiger partial charge in [0.2, 0.25) is 6.41 Å². The third kappa shape index (κ3) is 1.12. The van der Waals surface area contributed by atoms with Crippen LogP contribution < -0.4 is 5.32 Å². The summed E-state index contributed by atoms with van der Waals surface area (Å²) >= 11 is 0. The molecule has 0 fully saturated rings. The Balaban J connectivity index is 2.47. The summed E-state index contributed by atoms with van der Waals surface area (Å²) in [5.41, 5.74) is 2.55. The Labute approximate surface area is 54.9 Å². The number of carbonyl (C=O) groups excluding carboxylic acids is 1. The molecule has 1 aliphatic carbocycles. The molecule has 0 bridgehead atoms. The molecule has 0 aromatic rings. The second-order valence-corrected chi connectivity index (χ2v) is 2.20. The van der Waals surface area contributed by atoms with Crippen LogP contribution in [-0.4, -0.2) is 6.41 Å². The van der Waals surface area contributed by atoms with E-state index in [1.54, 1.807) is 0 Å². The highest BCUT2D eigenvalue weighted by molar-refractivity contribution is 5.52. The van der Waals surface area contributed by atoms with Crippen LogP contribution in [0.15, 0.2) is 11.3 Å². The van der Waals surface area contributed by atoms with Crippen LogP contribution in [0.3, 0.4) is 0 Å². The van der Waals surface area contributed by atoms with E-state index in [4.69, 9.17) is 0 Å². The monoisotopic (exact) mass is 125 g/mol. The van der Waals surface area contributed by atoms with Crippen LogP contribution in [0.5, 0.6) is 0 Å². The first-order valence-corrected chi connectivity index (χ1v) is 3.29. The van der Waals surface area contributed by atoms with E-state index in [-0.39, 0.29) is 0 Å². The van der Waals surface area contributed by atoms with Gasteiger partial charge in [0.15, 0.2) is 0 Å². The lowest BCUT2D eigenvalue weighted by molar-refractivity contribution is -0.109.